The Kier molecular flexibility index (Phi) is 6.86. The number of carboxylic acid groups (broad SMARTS) is 1. The zero-order valence-corrected chi connectivity index (χ0v) is 12.7. The third-order valence-corrected chi connectivity index (χ3v) is 3.02. The van der Waals surface area contributed by atoms with E-state index in [0.717, 1.165) is 13.1 Å². The van der Waals surface area contributed by atoms with Gasteiger partial charge in [-0.25, -0.2) is 9.59 Å². The van der Waals surface area contributed by atoms with E-state index >= 15 is 0 Å². The number of nitrogens with one attached hydrogen (secondary N) is 1. The Balaban J connectivity index is 2.15. The third kappa shape index (κ3) is 7.84. The van der Waals surface area contributed by atoms with Gasteiger partial charge in [0.1, 0.15) is 6.61 Å². The number of rotatable bonds is 7. The molecule has 0 aliphatic carbocycles. The van der Waals surface area contributed by atoms with Crippen molar-refractivity contribution in [2.75, 3.05) is 52.5 Å². The minimum Gasteiger partial charge on any atom is -0.480 e. The first-order valence-electron chi connectivity index (χ1n) is 7.05. The lowest BCUT2D eigenvalue weighted by molar-refractivity contribution is -0.142. The number of aliphatic hydroxyl groups is 1. The quantitative estimate of drug-likeness (QED) is 0.531. The molecular formula is C13H25N3O5. The summed E-state index contributed by atoms with van der Waals surface area (Å²) in [4.78, 5) is 25.9. The summed E-state index contributed by atoms with van der Waals surface area (Å²) < 4.78 is 4.84. The fourth-order valence-electron chi connectivity index (χ4n) is 2.16. The van der Waals surface area contributed by atoms with E-state index in [1.165, 1.54) is 0 Å². The first kappa shape index (κ1) is 17.7. The maximum absolute atomic E-state index is 11.9. The van der Waals surface area contributed by atoms with Crippen LogP contribution >= 0.6 is 0 Å². The van der Waals surface area contributed by atoms with Gasteiger partial charge in [0.2, 0.25) is 0 Å². The third-order valence-electron chi connectivity index (χ3n) is 3.02. The summed E-state index contributed by atoms with van der Waals surface area (Å²) >= 11 is 0. The van der Waals surface area contributed by atoms with Crippen molar-refractivity contribution >= 4 is 12.0 Å². The summed E-state index contributed by atoms with van der Waals surface area (Å²) in [6.07, 6.45) is 0. The summed E-state index contributed by atoms with van der Waals surface area (Å²) in [6, 6.07) is -0.170. The van der Waals surface area contributed by atoms with E-state index in [9.17, 15) is 14.7 Å². The minimum absolute atomic E-state index is 0.170. The Hall–Kier alpha value is -1.38. The second-order valence-corrected chi connectivity index (χ2v) is 5.75. The monoisotopic (exact) mass is 303 g/mol. The molecule has 0 saturated carbocycles. The van der Waals surface area contributed by atoms with E-state index in [1.807, 2.05) is 0 Å². The van der Waals surface area contributed by atoms with E-state index < -0.39 is 11.6 Å². The average molecular weight is 303 g/mol. The van der Waals surface area contributed by atoms with Gasteiger partial charge in [0.05, 0.1) is 12.2 Å². The fraction of sp³-hybridized carbons (Fsp3) is 0.846. The van der Waals surface area contributed by atoms with Crippen molar-refractivity contribution in [1.82, 2.24) is 15.1 Å². The van der Waals surface area contributed by atoms with Crippen LogP contribution in [-0.2, 0) is 9.53 Å². The van der Waals surface area contributed by atoms with Crippen molar-refractivity contribution in [2.45, 2.75) is 19.4 Å². The van der Waals surface area contributed by atoms with Gasteiger partial charge in [0.15, 0.2) is 0 Å². The van der Waals surface area contributed by atoms with E-state index in [4.69, 9.17) is 9.84 Å². The first-order chi connectivity index (χ1) is 9.78. The van der Waals surface area contributed by atoms with Crippen LogP contribution in [0.4, 0.5) is 4.79 Å². The van der Waals surface area contributed by atoms with Crippen molar-refractivity contribution in [3.8, 4) is 0 Å². The highest BCUT2D eigenvalue weighted by atomic mass is 16.5. The van der Waals surface area contributed by atoms with Crippen molar-refractivity contribution in [3.05, 3.63) is 0 Å². The number of aliphatic carboxylic acids is 1. The lowest BCUT2D eigenvalue weighted by atomic mass is 10.1. The number of hydrogen-bond donors (Lipinski definition) is 3. The van der Waals surface area contributed by atoms with E-state index in [1.54, 1.807) is 18.7 Å². The summed E-state index contributed by atoms with van der Waals surface area (Å²) in [6.45, 7) is 6.91. The van der Waals surface area contributed by atoms with Gasteiger partial charge in [0.25, 0.3) is 0 Å². The minimum atomic E-state index is -1.02. The summed E-state index contributed by atoms with van der Waals surface area (Å²) in [5.74, 6) is -1.02. The molecule has 0 aromatic rings. The molecule has 1 heterocycles. The number of amides is 2. The Labute approximate surface area is 124 Å². The van der Waals surface area contributed by atoms with E-state index in [2.05, 4.69) is 10.2 Å². The molecule has 3 N–H and O–H groups in total. The Morgan fingerprint density at radius 3 is 2.38 bits per heavy atom. The Bertz CT molecular complexity index is 348. The highest BCUT2D eigenvalue weighted by Crippen LogP contribution is 2.08. The van der Waals surface area contributed by atoms with E-state index in [-0.39, 0.29) is 25.8 Å². The highest BCUT2D eigenvalue weighted by Gasteiger charge is 2.24. The molecule has 1 saturated heterocycles. The SMILES string of the molecule is CC(C)(O)CN1CCN(C(=O)NCCOCC(=O)O)CC1. The first-order valence-corrected chi connectivity index (χ1v) is 7.05. The van der Waals surface area contributed by atoms with E-state index in [0.29, 0.717) is 19.6 Å². The van der Waals surface area contributed by atoms with Crippen LogP contribution in [0.3, 0.4) is 0 Å². The molecule has 0 radical (unpaired) electrons. The number of ether oxygens (including phenoxy) is 1. The number of carbonyl (C=O) groups excluding carboxylic acids is 1. The molecule has 0 aromatic heterocycles. The highest BCUT2D eigenvalue weighted by molar-refractivity contribution is 5.74. The van der Waals surface area contributed by atoms with Crippen molar-refractivity contribution in [2.24, 2.45) is 0 Å². The van der Waals surface area contributed by atoms with Crippen molar-refractivity contribution in [1.29, 1.82) is 0 Å². The number of nitrogens with zero attached hydrogens (tertiary/aromatic N) is 2. The lowest BCUT2D eigenvalue weighted by Gasteiger charge is -2.37. The van der Waals surface area contributed by atoms with Crippen molar-refractivity contribution in [3.63, 3.8) is 0 Å². The molecule has 8 nitrogen and oxygen atoms in total. The fourth-order valence-corrected chi connectivity index (χ4v) is 2.16. The number of urea groups is 1. The molecule has 1 aliphatic rings. The molecule has 8 heteroatoms. The smallest absolute Gasteiger partial charge is 0.329 e. The predicted octanol–water partition coefficient (Wildman–Crippen LogP) is -0.814. The molecule has 21 heavy (non-hydrogen) atoms. The topological polar surface area (TPSA) is 102 Å². The van der Waals surface area contributed by atoms with Gasteiger partial charge in [-0.1, -0.05) is 0 Å². The van der Waals surface area contributed by atoms with Crippen LogP contribution in [0, 0.1) is 0 Å². The molecule has 2 amide bonds. The van der Waals surface area contributed by atoms with Crippen LogP contribution in [0.5, 0.6) is 0 Å². The molecule has 1 rings (SSSR count). The molecule has 122 valence electrons. The second-order valence-electron chi connectivity index (χ2n) is 5.75. The normalized spacial score (nSPS) is 16.8. The van der Waals surface area contributed by atoms with Crippen LogP contribution in [0.2, 0.25) is 0 Å². The lowest BCUT2D eigenvalue weighted by Crippen LogP contribution is -2.54. The molecule has 1 fully saturated rings. The van der Waals surface area contributed by atoms with Crippen LogP contribution in [0.15, 0.2) is 0 Å². The van der Waals surface area contributed by atoms with Gasteiger partial charge in [-0.05, 0) is 13.8 Å². The van der Waals surface area contributed by atoms with Gasteiger partial charge >= 0.3 is 12.0 Å². The zero-order valence-electron chi connectivity index (χ0n) is 12.7. The number of hydrogen-bond acceptors (Lipinski definition) is 5. The number of carboxylic acids is 1. The largest absolute Gasteiger partial charge is 0.480 e. The molecule has 0 atom stereocenters. The van der Waals surface area contributed by atoms with Gasteiger partial charge < -0.3 is 25.2 Å². The second kappa shape index (κ2) is 8.16. The Morgan fingerprint density at radius 1 is 1.24 bits per heavy atom. The number of β-amino-alcohol motifs (C(OH)–C–C–N with tert-alkyl or cyclic N) is 1. The van der Waals surface area contributed by atoms with Crippen molar-refractivity contribution < 1.29 is 24.5 Å². The average Bonchev–Trinajstić information content (AvgIpc) is 2.36. The molecule has 0 unspecified atom stereocenters. The molecule has 1 aliphatic heterocycles. The maximum atomic E-state index is 11.9. The van der Waals surface area contributed by atoms with Crippen LogP contribution in [-0.4, -0.2) is 90.1 Å². The van der Waals surface area contributed by atoms with Gasteiger partial charge in [-0.3, -0.25) is 4.90 Å². The molecule has 0 aromatic carbocycles. The summed E-state index contributed by atoms with van der Waals surface area (Å²) in [5, 5.41) is 20.8. The summed E-state index contributed by atoms with van der Waals surface area (Å²) in [7, 11) is 0. The van der Waals surface area contributed by atoms with Gasteiger partial charge in [-0.2, -0.15) is 0 Å². The van der Waals surface area contributed by atoms with Gasteiger partial charge in [0, 0.05) is 39.3 Å². The summed E-state index contributed by atoms with van der Waals surface area (Å²) in [5.41, 5.74) is -0.730. The van der Waals surface area contributed by atoms with Crippen LogP contribution < -0.4 is 5.32 Å². The molecular weight excluding hydrogens is 278 g/mol. The maximum Gasteiger partial charge on any atom is 0.329 e. The van der Waals surface area contributed by atoms with Crippen LogP contribution in [0.1, 0.15) is 13.8 Å². The van der Waals surface area contributed by atoms with Gasteiger partial charge in [-0.15, -0.1) is 0 Å². The van der Waals surface area contributed by atoms with Crippen LogP contribution in [0.25, 0.3) is 0 Å². The number of piperazine rings is 1. The standard InChI is InChI=1S/C13H25N3O5/c1-13(2,20)10-15-4-6-16(7-5-15)12(19)14-3-8-21-9-11(17)18/h20H,3-10H2,1-2H3,(H,14,19)(H,17,18). The Morgan fingerprint density at radius 2 is 1.86 bits per heavy atom. The predicted molar refractivity (Wildman–Crippen MR) is 76.2 cm³/mol. The zero-order chi connectivity index (χ0) is 15.9. The number of carbonyl (C=O) groups is 2. The molecule has 0 bridgehead atoms. The molecule has 0 spiro atoms.